The third kappa shape index (κ3) is 1.99. The summed E-state index contributed by atoms with van der Waals surface area (Å²) in [6.07, 6.45) is 0.358. The van der Waals surface area contributed by atoms with E-state index in [2.05, 4.69) is 5.32 Å². The zero-order valence-electron chi connectivity index (χ0n) is 8.11. The maximum absolute atomic E-state index is 12.7. The molecule has 1 amide bonds. The van der Waals surface area contributed by atoms with Gasteiger partial charge in [0, 0.05) is 12.3 Å². The van der Waals surface area contributed by atoms with Crippen molar-refractivity contribution in [3.8, 4) is 0 Å². The summed E-state index contributed by atoms with van der Waals surface area (Å²) in [6.45, 7) is -0.0895. The van der Waals surface area contributed by atoms with Crippen LogP contribution in [-0.4, -0.2) is 23.7 Å². The molecule has 1 fully saturated rings. The van der Waals surface area contributed by atoms with E-state index >= 15 is 0 Å². The number of carbonyl (C=O) groups excluding carboxylic acids is 1. The predicted octanol–water partition coefficient (Wildman–Crippen LogP) is 0.790. The maximum atomic E-state index is 12.7. The topological polar surface area (TPSA) is 49.3 Å². The largest absolute Gasteiger partial charge is 0.394 e. The maximum Gasteiger partial charge on any atom is 0.221 e. The van der Waals surface area contributed by atoms with Gasteiger partial charge in [-0.1, -0.05) is 12.1 Å². The average molecular weight is 209 g/mol. The van der Waals surface area contributed by atoms with E-state index in [-0.39, 0.29) is 30.3 Å². The van der Waals surface area contributed by atoms with Crippen LogP contribution < -0.4 is 5.32 Å². The highest BCUT2D eigenvalue weighted by molar-refractivity contribution is 5.80. The molecule has 2 rings (SSSR count). The van der Waals surface area contributed by atoms with Crippen LogP contribution in [0.2, 0.25) is 0 Å². The first kappa shape index (κ1) is 10.1. The Kier molecular flexibility index (Phi) is 2.68. The fraction of sp³-hybridized carbons (Fsp3) is 0.364. The smallest absolute Gasteiger partial charge is 0.221 e. The van der Waals surface area contributed by atoms with E-state index in [4.69, 9.17) is 5.11 Å². The molecule has 0 aromatic heterocycles. The first-order chi connectivity index (χ1) is 7.20. The summed E-state index contributed by atoms with van der Waals surface area (Å²) in [5.41, 5.74) is 0.883. The SMILES string of the molecule is O=C1C[C@H](c2ccc(F)cc2)[C@H](CO)N1. The lowest BCUT2D eigenvalue weighted by Gasteiger charge is -2.16. The van der Waals surface area contributed by atoms with Gasteiger partial charge in [-0.2, -0.15) is 0 Å². The van der Waals surface area contributed by atoms with Gasteiger partial charge in [0.25, 0.3) is 0 Å². The van der Waals surface area contributed by atoms with Crippen LogP contribution in [0.4, 0.5) is 4.39 Å². The number of rotatable bonds is 2. The third-order valence-electron chi connectivity index (χ3n) is 2.73. The lowest BCUT2D eigenvalue weighted by atomic mass is 9.92. The zero-order chi connectivity index (χ0) is 10.8. The zero-order valence-corrected chi connectivity index (χ0v) is 8.11. The van der Waals surface area contributed by atoms with E-state index < -0.39 is 0 Å². The van der Waals surface area contributed by atoms with Crippen molar-refractivity contribution in [2.75, 3.05) is 6.61 Å². The van der Waals surface area contributed by atoms with E-state index in [1.165, 1.54) is 12.1 Å². The average Bonchev–Trinajstić information content (AvgIpc) is 2.61. The minimum Gasteiger partial charge on any atom is -0.394 e. The van der Waals surface area contributed by atoms with Crippen LogP contribution in [0, 0.1) is 5.82 Å². The van der Waals surface area contributed by atoms with Crippen LogP contribution in [0.15, 0.2) is 24.3 Å². The summed E-state index contributed by atoms with van der Waals surface area (Å²) in [4.78, 5) is 11.2. The summed E-state index contributed by atoms with van der Waals surface area (Å²) < 4.78 is 12.7. The minimum atomic E-state index is -0.295. The number of amides is 1. The Morgan fingerprint density at radius 2 is 2.07 bits per heavy atom. The van der Waals surface area contributed by atoms with Crippen molar-refractivity contribution in [3.63, 3.8) is 0 Å². The van der Waals surface area contributed by atoms with Crippen molar-refractivity contribution in [3.05, 3.63) is 35.6 Å². The molecule has 1 saturated heterocycles. The van der Waals surface area contributed by atoms with Crippen molar-refractivity contribution in [2.24, 2.45) is 0 Å². The Labute approximate surface area is 86.9 Å². The molecule has 0 bridgehead atoms. The Hall–Kier alpha value is -1.42. The molecule has 1 aliphatic rings. The van der Waals surface area contributed by atoms with Gasteiger partial charge in [-0.25, -0.2) is 4.39 Å². The van der Waals surface area contributed by atoms with Crippen LogP contribution in [0.5, 0.6) is 0 Å². The van der Waals surface area contributed by atoms with Crippen LogP contribution in [0.1, 0.15) is 17.9 Å². The quantitative estimate of drug-likeness (QED) is 0.756. The van der Waals surface area contributed by atoms with Gasteiger partial charge in [-0.05, 0) is 17.7 Å². The van der Waals surface area contributed by atoms with Crippen LogP contribution in [-0.2, 0) is 4.79 Å². The van der Waals surface area contributed by atoms with Gasteiger partial charge >= 0.3 is 0 Å². The molecule has 3 nitrogen and oxygen atoms in total. The third-order valence-corrected chi connectivity index (χ3v) is 2.73. The molecular weight excluding hydrogens is 197 g/mol. The van der Waals surface area contributed by atoms with Gasteiger partial charge in [0.15, 0.2) is 0 Å². The molecule has 4 heteroatoms. The monoisotopic (exact) mass is 209 g/mol. The van der Waals surface area contributed by atoms with E-state index in [0.29, 0.717) is 6.42 Å². The van der Waals surface area contributed by atoms with E-state index in [1.54, 1.807) is 12.1 Å². The number of hydrogen-bond donors (Lipinski definition) is 2. The van der Waals surface area contributed by atoms with E-state index in [1.807, 2.05) is 0 Å². The standard InChI is InChI=1S/C11H12FNO2/c12-8-3-1-7(2-4-8)9-5-11(15)13-10(9)6-14/h1-4,9-10,14H,5-6H2,(H,13,15)/t9-,10+/m1/s1. The van der Waals surface area contributed by atoms with E-state index in [0.717, 1.165) is 5.56 Å². The first-order valence-electron chi connectivity index (χ1n) is 4.86. The first-order valence-corrected chi connectivity index (χ1v) is 4.86. The molecule has 1 heterocycles. The molecule has 2 N–H and O–H groups in total. The van der Waals surface area contributed by atoms with Gasteiger partial charge in [-0.3, -0.25) is 4.79 Å². The minimum absolute atomic E-state index is 0.0527. The highest BCUT2D eigenvalue weighted by Gasteiger charge is 2.32. The highest BCUT2D eigenvalue weighted by Crippen LogP contribution is 2.28. The molecule has 0 saturated carbocycles. The molecule has 0 spiro atoms. The molecular formula is C11H12FNO2. The molecule has 1 aromatic rings. The normalized spacial score (nSPS) is 25.3. The van der Waals surface area contributed by atoms with E-state index in [9.17, 15) is 9.18 Å². The number of aliphatic hydroxyl groups is 1. The second-order valence-electron chi connectivity index (χ2n) is 3.72. The second-order valence-corrected chi connectivity index (χ2v) is 3.72. The fourth-order valence-electron chi connectivity index (χ4n) is 1.94. The molecule has 1 aromatic carbocycles. The number of benzene rings is 1. The number of carbonyl (C=O) groups is 1. The fourth-order valence-corrected chi connectivity index (χ4v) is 1.94. The summed E-state index contributed by atoms with van der Waals surface area (Å²) in [5, 5.41) is 11.8. The Morgan fingerprint density at radius 3 is 2.67 bits per heavy atom. The number of halogens is 1. The molecule has 15 heavy (non-hydrogen) atoms. The van der Waals surface area contributed by atoms with Crippen molar-refractivity contribution in [1.29, 1.82) is 0 Å². The number of aliphatic hydroxyl groups excluding tert-OH is 1. The highest BCUT2D eigenvalue weighted by atomic mass is 19.1. The Bertz CT molecular complexity index is 363. The van der Waals surface area contributed by atoms with Gasteiger partial charge in [0.2, 0.25) is 5.91 Å². The Balaban J connectivity index is 2.22. The van der Waals surface area contributed by atoms with Gasteiger partial charge in [-0.15, -0.1) is 0 Å². The predicted molar refractivity (Wildman–Crippen MR) is 52.8 cm³/mol. The molecule has 0 unspecified atom stereocenters. The summed E-state index contributed by atoms with van der Waals surface area (Å²) in [5.74, 6) is -0.414. The molecule has 80 valence electrons. The van der Waals surface area contributed by atoms with Crippen molar-refractivity contribution >= 4 is 5.91 Å². The molecule has 1 aliphatic heterocycles. The lowest BCUT2D eigenvalue weighted by Crippen LogP contribution is -2.31. The van der Waals surface area contributed by atoms with Crippen LogP contribution in [0.25, 0.3) is 0 Å². The van der Waals surface area contributed by atoms with Crippen LogP contribution >= 0.6 is 0 Å². The molecule has 0 radical (unpaired) electrons. The molecule has 2 atom stereocenters. The van der Waals surface area contributed by atoms with Crippen molar-refractivity contribution < 1.29 is 14.3 Å². The molecule has 0 aliphatic carbocycles. The van der Waals surface area contributed by atoms with Gasteiger partial charge < -0.3 is 10.4 Å². The Morgan fingerprint density at radius 1 is 1.40 bits per heavy atom. The summed E-state index contributed by atoms with van der Waals surface area (Å²) in [7, 11) is 0. The van der Waals surface area contributed by atoms with Crippen molar-refractivity contribution in [2.45, 2.75) is 18.4 Å². The number of nitrogens with one attached hydrogen (secondary N) is 1. The van der Waals surface area contributed by atoms with Crippen molar-refractivity contribution in [1.82, 2.24) is 5.32 Å². The number of hydrogen-bond acceptors (Lipinski definition) is 2. The van der Waals surface area contributed by atoms with Gasteiger partial charge in [0.1, 0.15) is 5.82 Å². The summed E-state index contributed by atoms with van der Waals surface area (Å²) in [6, 6.07) is 5.80. The lowest BCUT2D eigenvalue weighted by molar-refractivity contribution is -0.119. The van der Waals surface area contributed by atoms with Gasteiger partial charge in [0.05, 0.1) is 12.6 Å². The summed E-state index contributed by atoms with van der Waals surface area (Å²) >= 11 is 0. The second kappa shape index (κ2) is 3.98. The van der Waals surface area contributed by atoms with Crippen LogP contribution in [0.3, 0.4) is 0 Å².